The average Bonchev–Trinajstić information content (AvgIpc) is 3.10. The Kier molecular flexibility index (Phi) is 5.36. The minimum Gasteiger partial charge on any atom is -0.377 e. The van der Waals surface area contributed by atoms with Crippen LogP contribution >= 0.6 is 0 Å². The molecule has 0 atom stereocenters. The number of nitrogens with zero attached hydrogens (tertiary/aromatic N) is 1. The van der Waals surface area contributed by atoms with Gasteiger partial charge >= 0.3 is 0 Å². The Morgan fingerprint density at radius 1 is 1.04 bits per heavy atom. The van der Waals surface area contributed by atoms with Crippen LogP contribution in [0.1, 0.15) is 36.8 Å². The van der Waals surface area contributed by atoms with E-state index in [1.807, 2.05) is 26.0 Å². The number of rotatable bonds is 6. The first-order chi connectivity index (χ1) is 12.8. The van der Waals surface area contributed by atoms with Gasteiger partial charge in [0.25, 0.3) is 15.7 Å². The number of hydrogen-bond acceptors (Lipinski definition) is 5. The van der Waals surface area contributed by atoms with Crippen LogP contribution in [0.2, 0.25) is 0 Å². The molecule has 0 bridgehead atoms. The second-order valence-corrected chi connectivity index (χ2v) is 8.67. The number of aryl methyl sites for hydroxylation is 2. The summed E-state index contributed by atoms with van der Waals surface area (Å²) in [6, 6.07) is 9.55. The molecule has 2 aromatic rings. The first-order valence-electron chi connectivity index (χ1n) is 8.91. The SMILES string of the molecule is Cc1ccc(NS(=O)(=O)c2ccc(NC3CCCC3)c([N+](=O)[O-])c2)c(C)c1. The van der Waals surface area contributed by atoms with Crippen molar-refractivity contribution in [2.45, 2.75) is 50.5 Å². The van der Waals surface area contributed by atoms with Gasteiger partial charge in [-0.2, -0.15) is 0 Å². The Morgan fingerprint density at radius 2 is 1.70 bits per heavy atom. The van der Waals surface area contributed by atoms with E-state index in [-0.39, 0.29) is 16.6 Å². The van der Waals surface area contributed by atoms with E-state index in [0.29, 0.717) is 11.4 Å². The van der Waals surface area contributed by atoms with Crippen molar-refractivity contribution in [1.82, 2.24) is 0 Å². The predicted molar refractivity (Wildman–Crippen MR) is 106 cm³/mol. The quantitative estimate of drug-likeness (QED) is 0.564. The van der Waals surface area contributed by atoms with Gasteiger partial charge in [-0.05, 0) is 50.5 Å². The highest BCUT2D eigenvalue weighted by Crippen LogP contribution is 2.32. The highest BCUT2D eigenvalue weighted by Gasteiger charge is 2.24. The monoisotopic (exact) mass is 389 g/mol. The smallest absolute Gasteiger partial charge is 0.293 e. The number of hydrogen-bond donors (Lipinski definition) is 2. The molecule has 0 aliphatic heterocycles. The van der Waals surface area contributed by atoms with E-state index < -0.39 is 14.9 Å². The van der Waals surface area contributed by atoms with Crippen LogP contribution in [0, 0.1) is 24.0 Å². The fraction of sp³-hybridized carbons (Fsp3) is 0.368. The second kappa shape index (κ2) is 7.56. The Morgan fingerprint density at radius 3 is 2.33 bits per heavy atom. The molecule has 1 saturated carbocycles. The van der Waals surface area contributed by atoms with Crippen LogP contribution in [-0.2, 0) is 10.0 Å². The molecule has 1 aliphatic rings. The maximum Gasteiger partial charge on any atom is 0.293 e. The van der Waals surface area contributed by atoms with E-state index in [4.69, 9.17) is 0 Å². The molecule has 0 unspecified atom stereocenters. The Labute approximate surface area is 159 Å². The lowest BCUT2D eigenvalue weighted by Crippen LogP contribution is -2.17. The molecule has 0 radical (unpaired) electrons. The third-order valence-electron chi connectivity index (χ3n) is 4.82. The molecule has 0 aromatic heterocycles. The molecule has 1 aliphatic carbocycles. The number of sulfonamides is 1. The van der Waals surface area contributed by atoms with Gasteiger partial charge in [0, 0.05) is 12.1 Å². The minimum atomic E-state index is -3.93. The molecule has 7 nitrogen and oxygen atoms in total. The Bertz CT molecular complexity index is 967. The van der Waals surface area contributed by atoms with Crippen molar-refractivity contribution in [3.63, 3.8) is 0 Å². The molecule has 144 valence electrons. The second-order valence-electron chi connectivity index (χ2n) is 6.99. The average molecular weight is 389 g/mol. The third kappa shape index (κ3) is 4.39. The summed E-state index contributed by atoms with van der Waals surface area (Å²) in [5, 5.41) is 14.7. The molecule has 2 aromatic carbocycles. The standard InChI is InChI=1S/C19H23N3O4S/c1-13-7-9-17(14(2)11-13)21-27(25,26)16-8-10-18(19(12-16)22(23)24)20-15-5-3-4-6-15/h7-12,15,20-21H,3-6H2,1-2H3. The first kappa shape index (κ1) is 19.2. The van der Waals surface area contributed by atoms with Crippen LogP contribution in [0.5, 0.6) is 0 Å². The van der Waals surface area contributed by atoms with Gasteiger partial charge in [-0.15, -0.1) is 0 Å². The summed E-state index contributed by atoms with van der Waals surface area (Å²) < 4.78 is 27.9. The molecule has 1 fully saturated rings. The third-order valence-corrected chi connectivity index (χ3v) is 6.18. The van der Waals surface area contributed by atoms with Crippen molar-refractivity contribution < 1.29 is 13.3 Å². The molecule has 8 heteroatoms. The first-order valence-corrected chi connectivity index (χ1v) is 10.4. The van der Waals surface area contributed by atoms with Crippen molar-refractivity contribution in [2.75, 3.05) is 10.0 Å². The van der Waals surface area contributed by atoms with Gasteiger partial charge in [-0.25, -0.2) is 8.42 Å². The molecule has 0 amide bonds. The van der Waals surface area contributed by atoms with E-state index in [2.05, 4.69) is 10.0 Å². The number of anilines is 2. The predicted octanol–water partition coefficient (Wildman–Crippen LogP) is 4.37. The fourth-order valence-electron chi connectivity index (χ4n) is 3.37. The zero-order valence-corrected chi connectivity index (χ0v) is 16.2. The van der Waals surface area contributed by atoms with Crippen LogP contribution < -0.4 is 10.0 Å². The van der Waals surface area contributed by atoms with Gasteiger partial charge in [-0.3, -0.25) is 14.8 Å². The minimum absolute atomic E-state index is 0.133. The van der Waals surface area contributed by atoms with Gasteiger partial charge < -0.3 is 5.32 Å². The molecule has 0 spiro atoms. The summed E-state index contributed by atoms with van der Waals surface area (Å²) in [4.78, 5) is 10.8. The van der Waals surface area contributed by atoms with Crippen molar-refractivity contribution in [3.8, 4) is 0 Å². The zero-order valence-electron chi connectivity index (χ0n) is 15.4. The zero-order chi connectivity index (χ0) is 19.6. The van der Waals surface area contributed by atoms with E-state index in [1.165, 1.54) is 12.1 Å². The summed E-state index contributed by atoms with van der Waals surface area (Å²) in [6.45, 7) is 3.73. The summed E-state index contributed by atoms with van der Waals surface area (Å²) in [7, 11) is -3.93. The molecule has 0 saturated heterocycles. The summed E-state index contributed by atoms with van der Waals surface area (Å²) in [5.41, 5.74) is 2.39. The fourth-order valence-corrected chi connectivity index (χ4v) is 4.52. The van der Waals surface area contributed by atoms with Gasteiger partial charge in [0.2, 0.25) is 0 Å². The van der Waals surface area contributed by atoms with Gasteiger partial charge in [0.15, 0.2) is 0 Å². The maximum atomic E-state index is 12.7. The van der Waals surface area contributed by atoms with Gasteiger partial charge in [0.05, 0.1) is 15.5 Å². The number of nitro benzene ring substituents is 1. The van der Waals surface area contributed by atoms with Gasteiger partial charge in [0.1, 0.15) is 5.69 Å². The molecule has 0 heterocycles. The van der Waals surface area contributed by atoms with E-state index in [9.17, 15) is 18.5 Å². The number of nitrogens with one attached hydrogen (secondary N) is 2. The lowest BCUT2D eigenvalue weighted by Gasteiger charge is -2.15. The normalized spacial score (nSPS) is 14.9. The van der Waals surface area contributed by atoms with Crippen LogP contribution in [-0.4, -0.2) is 19.4 Å². The highest BCUT2D eigenvalue weighted by atomic mass is 32.2. The molecule has 27 heavy (non-hydrogen) atoms. The van der Waals surface area contributed by atoms with Crippen LogP contribution in [0.3, 0.4) is 0 Å². The topological polar surface area (TPSA) is 101 Å². The van der Waals surface area contributed by atoms with Crippen LogP contribution in [0.25, 0.3) is 0 Å². The lowest BCUT2D eigenvalue weighted by molar-refractivity contribution is -0.384. The molecular weight excluding hydrogens is 366 g/mol. The molecular formula is C19H23N3O4S. The summed E-state index contributed by atoms with van der Waals surface area (Å²) in [5.74, 6) is 0. The van der Waals surface area contributed by atoms with Gasteiger partial charge in [-0.1, -0.05) is 30.5 Å². The summed E-state index contributed by atoms with van der Waals surface area (Å²) in [6.07, 6.45) is 4.12. The van der Waals surface area contributed by atoms with Crippen molar-refractivity contribution >= 4 is 27.1 Å². The van der Waals surface area contributed by atoms with E-state index >= 15 is 0 Å². The van der Waals surface area contributed by atoms with Crippen molar-refractivity contribution in [2.24, 2.45) is 0 Å². The van der Waals surface area contributed by atoms with Crippen LogP contribution in [0.15, 0.2) is 41.3 Å². The summed E-state index contributed by atoms with van der Waals surface area (Å²) >= 11 is 0. The van der Waals surface area contributed by atoms with Crippen molar-refractivity contribution in [3.05, 3.63) is 57.6 Å². The van der Waals surface area contributed by atoms with Crippen LogP contribution in [0.4, 0.5) is 17.1 Å². The highest BCUT2D eigenvalue weighted by molar-refractivity contribution is 7.92. The largest absolute Gasteiger partial charge is 0.377 e. The lowest BCUT2D eigenvalue weighted by atomic mass is 10.1. The van der Waals surface area contributed by atoms with Crippen molar-refractivity contribution in [1.29, 1.82) is 0 Å². The molecule has 2 N–H and O–H groups in total. The molecule has 3 rings (SSSR count). The van der Waals surface area contributed by atoms with E-state index in [1.54, 1.807) is 6.07 Å². The number of benzene rings is 2. The Hall–Kier alpha value is -2.61. The Balaban J connectivity index is 1.90. The number of nitro groups is 1. The van der Waals surface area contributed by atoms with E-state index in [0.717, 1.165) is 42.9 Å². The maximum absolute atomic E-state index is 12.7.